The fourth-order valence-electron chi connectivity index (χ4n) is 6.39. The number of nitro groups is 1. The number of nitro benzene ring substituents is 1. The lowest BCUT2D eigenvalue weighted by molar-refractivity contribution is -0.383. The summed E-state index contributed by atoms with van der Waals surface area (Å²) >= 11 is 0. The summed E-state index contributed by atoms with van der Waals surface area (Å²) in [6.45, 7) is 2.72. The lowest BCUT2D eigenvalue weighted by Crippen LogP contribution is -2.38. The number of carbonyl (C=O) groups excluding carboxylic acids is 2. The van der Waals surface area contributed by atoms with Crippen molar-refractivity contribution in [3.05, 3.63) is 76.4 Å². The number of amides is 2. The van der Waals surface area contributed by atoms with Gasteiger partial charge in [-0.15, -0.1) is 0 Å². The minimum Gasteiger partial charge on any atom is -0.377 e. The van der Waals surface area contributed by atoms with E-state index in [-0.39, 0.29) is 47.2 Å². The van der Waals surface area contributed by atoms with Gasteiger partial charge in [-0.2, -0.15) is 0 Å². The van der Waals surface area contributed by atoms with Gasteiger partial charge in [0.15, 0.2) is 0 Å². The largest absolute Gasteiger partial charge is 0.377 e. The van der Waals surface area contributed by atoms with E-state index in [0.717, 1.165) is 38.9 Å². The molecule has 4 aliphatic rings. The molecule has 180 valence electrons. The summed E-state index contributed by atoms with van der Waals surface area (Å²) in [6, 6.07) is 15.2. The van der Waals surface area contributed by atoms with Crippen LogP contribution in [0.4, 0.5) is 17.1 Å². The van der Waals surface area contributed by atoms with Crippen LogP contribution in [0.3, 0.4) is 0 Å². The number of likely N-dealkylation sites (tertiary alicyclic amines) is 1. The SMILES string of the molecule is O=C1C2C3C=CC(C3)C2C(=O)N1c1ccc(NC2CCN(Cc3ccccc3)CC2)c([N+](=O)[O-])c1. The number of anilines is 2. The van der Waals surface area contributed by atoms with Crippen LogP contribution in [0, 0.1) is 33.8 Å². The van der Waals surface area contributed by atoms with Crippen LogP contribution < -0.4 is 10.2 Å². The highest BCUT2D eigenvalue weighted by Gasteiger charge is 2.59. The molecular formula is C27H28N4O4. The number of piperidine rings is 1. The van der Waals surface area contributed by atoms with Crippen molar-refractivity contribution in [2.24, 2.45) is 23.7 Å². The number of hydrogen-bond acceptors (Lipinski definition) is 6. The molecule has 2 aromatic carbocycles. The molecule has 2 amide bonds. The summed E-state index contributed by atoms with van der Waals surface area (Å²) in [5.74, 6) is -0.883. The number of nitrogens with one attached hydrogen (secondary N) is 1. The summed E-state index contributed by atoms with van der Waals surface area (Å²) in [5, 5.41) is 15.3. The van der Waals surface area contributed by atoms with Gasteiger partial charge in [0, 0.05) is 31.7 Å². The minimum atomic E-state index is -0.437. The molecule has 0 spiro atoms. The van der Waals surface area contributed by atoms with Gasteiger partial charge < -0.3 is 5.32 Å². The van der Waals surface area contributed by atoms with E-state index in [0.29, 0.717) is 11.4 Å². The predicted molar refractivity (Wildman–Crippen MR) is 132 cm³/mol. The third-order valence-electron chi connectivity index (χ3n) is 8.10. The molecule has 2 saturated heterocycles. The molecule has 1 N–H and O–H groups in total. The van der Waals surface area contributed by atoms with Gasteiger partial charge in [-0.25, -0.2) is 4.90 Å². The Bertz CT molecular complexity index is 1170. The second-order valence-corrected chi connectivity index (χ2v) is 10.2. The molecule has 1 saturated carbocycles. The lowest BCUT2D eigenvalue weighted by Gasteiger charge is -2.32. The maximum absolute atomic E-state index is 13.1. The number of carbonyl (C=O) groups is 2. The number of fused-ring (bicyclic) bond motifs is 5. The van der Waals surface area contributed by atoms with E-state index in [1.807, 2.05) is 30.4 Å². The van der Waals surface area contributed by atoms with E-state index in [1.54, 1.807) is 12.1 Å². The number of allylic oxidation sites excluding steroid dienone is 2. The van der Waals surface area contributed by atoms with Crippen LogP contribution in [0.25, 0.3) is 0 Å². The average Bonchev–Trinajstić information content (AvgIpc) is 3.55. The number of imide groups is 1. The topological polar surface area (TPSA) is 95.8 Å². The third-order valence-corrected chi connectivity index (χ3v) is 8.10. The van der Waals surface area contributed by atoms with Crippen molar-refractivity contribution in [2.75, 3.05) is 23.3 Å². The zero-order valence-corrected chi connectivity index (χ0v) is 19.4. The van der Waals surface area contributed by atoms with Crippen molar-refractivity contribution in [3.63, 3.8) is 0 Å². The highest BCUT2D eigenvalue weighted by atomic mass is 16.6. The standard InChI is InChI=1S/C27H28N4O4/c32-26-24-18-6-7-19(14-18)25(24)27(33)30(26)21-8-9-22(23(15-21)31(34)35)28-20-10-12-29(13-11-20)16-17-4-2-1-3-5-17/h1-9,15,18-20,24-25,28H,10-14,16H2. The summed E-state index contributed by atoms with van der Waals surface area (Å²) < 4.78 is 0. The first-order chi connectivity index (χ1) is 17.0. The lowest BCUT2D eigenvalue weighted by atomic mass is 9.85. The van der Waals surface area contributed by atoms with Crippen LogP contribution in [-0.2, 0) is 16.1 Å². The van der Waals surface area contributed by atoms with Gasteiger partial charge in [-0.1, -0.05) is 42.5 Å². The van der Waals surface area contributed by atoms with Crippen molar-refractivity contribution >= 4 is 28.9 Å². The van der Waals surface area contributed by atoms with Crippen LogP contribution in [0.2, 0.25) is 0 Å². The Morgan fingerprint density at radius 1 is 0.943 bits per heavy atom. The zero-order valence-electron chi connectivity index (χ0n) is 19.4. The normalized spacial score (nSPS) is 28.1. The number of benzene rings is 2. The summed E-state index contributed by atoms with van der Waals surface area (Å²) in [7, 11) is 0. The molecule has 2 aromatic rings. The molecule has 2 heterocycles. The number of nitrogens with zero attached hydrogens (tertiary/aromatic N) is 3. The first-order valence-corrected chi connectivity index (χ1v) is 12.4. The maximum Gasteiger partial charge on any atom is 0.294 e. The van der Waals surface area contributed by atoms with Crippen LogP contribution in [0.5, 0.6) is 0 Å². The van der Waals surface area contributed by atoms with Crippen LogP contribution in [0.15, 0.2) is 60.7 Å². The van der Waals surface area contributed by atoms with Crippen molar-refractivity contribution in [3.8, 4) is 0 Å². The van der Waals surface area contributed by atoms with E-state index in [4.69, 9.17) is 0 Å². The van der Waals surface area contributed by atoms with Gasteiger partial charge in [-0.05, 0) is 48.8 Å². The van der Waals surface area contributed by atoms with Gasteiger partial charge in [-0.3, -0.25) is 24.6 Å². The summed E-state index contributed by atoms with van der Waals surface area (Å²) in [4.78, 5) is 41.3. The first-order valence-electron chi connectivity index (χ1n) is 12.4. The fourth-order valence-corrected chi connectivity index (χ4v) is 6.39. The van der Waals surface area contributed by atoms with E-state index >= 15 is 0 Å². The smallest absolute Gasteiger partial charge is 0.294 e. The second kappa shape index (κ2) is 8.61. The van der Waals surface area contributed by atoms with Gasteiger partial charge >= 0.3 is 0 Å². The highest BCUT2D eigenvalue weighted by molar-refractivity contribution is 6.23. The molecule has 0 radical (unpaired) electrons. The van der Waals surface area contributed by atoms with Gasteiger partial charge in [0.2, 0.25) is 11.8 Å². The molecule has 0 aromatic heterocycles. The Hall–Kier alpha value is -3.52. The molecule has 6 rings (SSSR count). The second-order valence-electron chi connectivity index (χ2n) is 10.2. The van der Waals surface area contributed by atoms with Crippen molar-refractivity contribution in [1.29, 1.82) is 0 Å². The average molecular weight is 473 g/mol. The van der Waals surface area contributed by atoms with Crippen LogP contribution >= 0.6 is 0 Å². The Morgan fingerprint density at radius 3 is 2.23 bits per heavy atom. The van der Waals surface area contributed by atoms with Crippen molar-refractivity contribution in [2.45, 2.75) is 31.8 Å². The molecule has 4 unspecified atom stereocenters. The molecule has 35 heavy (non-hydrogen) atoms. The Labute approximate surface area is 203 Å². The molecule has 4 atom stereocenters. The Kier molecular flexibility index (Phi) is 5.40. The monoisotopic (exact) mass is 472 g/mol. The van der Waals surface area contributed by atoms with Gasteiger partial charge in [0.25, 0.3) is 5.69 Å². The summed E-state index contributed by atoms with van der Waals surface area (Å²) in [6.07, 6.45) is 6.71. The van der Waals surface area contributed by atoms with Crippen molar-refractivity contribution in [1.82, 2.24) is 4.90 Å². The maximum atomic E-state index is 13.1. The van der Waals surface area contributed by atoms with E-state index in [1.165, 1.54) is 16.5 Å². The quantitative estimate of drug-likeness (QED) is 0.296. The molecule has 8 heteroatoms. The summed E-state index contributed by atoms with van der Waals surface area (Å²) in [5.41, 5.74) is 1.90. The van der Waals surface area contributed by atoms with Gasteiger partial charge in [0.1, 0.15) is 5.69 Å². The molecule has 2 aliphatic heterocycles. The molecule has 2 aliphatic carbocycles. The Morgan fingerprint density at radius 2 is 1.60 bits per heavy atom. The van der Waals surface area contributed by atoms with Crippen LogP contribution in [0.1, 0.15) is 24.8 Å². The minimum absolute atomic E-state index is 0.104. The first kappa shape index (κ1) is 22.0. The Balaban J connectivity index is 1.15. The molecule has 2 bridgehead atoms. The zero-order chi connectivity index (χ0) is 24.1. The van der Waals surface area contributed by atoms with Crippen molar-refractivity contribution < 1.29 is 14.5 Å². The fraction of sp³-hybridized carbons (Fsp3) is 0.407. The van der Waals surface area contributed by atoms with Crippen LogP contribution in [-0.4, -0.2) is 40.8 Å². The molecular weight excluding hydrogens is 444 g/mol. The number of rotatable bonds is 6. The van der Waals surface area contributed by atoms with E-state index in [2.05, 4.69) is 22.3 Å². The van der Waals surface area contributed by atoms with E-state index in [9.17, 15) is 19.7 Å². The van der Waals surface area contributed by atoms with Gasteiger partial charge in [0.05, 0.1) is 22.4 Å². The molecule has 3 fully saturated rings. The third kappa shape index (κ3) is 3.82. The predicted octanol–water partition coefficient (Wildman–Crippen LogP) is 3.98. The number of hydrogen-bond donors (Lipinski definition) is 1. The highest BCUT2D eigenvalue weighted by Crippen LogP contribution is 2.53. The molecule has 8 nitrogen and oxygen atoms in total. The van der Waals surface area contributed by atoms with E-state index < -0.39 is 4.92 Å².